The highest BCUT2D eigenvalue weighted by Gasteiger charge is 2.56. The quantitative estimate of drug-likeness (QED) is 0.444. The molecule has 5 nitrogen and oxygen atoms in total. The molecule has 3 atom stereocenters. The number of unbranched alkanes of at least 4 members (excludes halogenated alkanes) is 1. The Morgan fingerprint density at radius 2 is 1.89 bits per heavy atom. The number of hydrogen-bond donors (Lipinski definition) is 1. The molecule has 0 unspecified atom stereocenters. The smallest absolute Gasteiger partial charge is 0.407 e. The van der Waals surface area contributed by atoms with Crippen molar-refractivity contribution in [2.24, 2.45) is 17.3 Å². The van der Waals surface area contributed by atoms with Crippen LogP contribution in [0.25, 0.3) is 0 Å². The van der Waals surface area contributed by atoms with Gasteiger partial charge in [0, 0.05) is 13.5 Å². The third-order valence-electron chi connectivity index (χ3n) is 5.86. The number of esters is 1. The van der Waals surface area contributed by atoms with Crippen LogP contribution in [0.2, 0.25) is 0 Å². The number of rotatable bonds is 8. The van der Waals surface area contributed by atoms with E-state index in [4.69, 9.17) is 9.47 Å². The van der Waals surface area contributed by atoms with Gasteiger partial charge in [-0.3, -0.25) is 4.79 Å². The van der Waals surface area contributed by atoms with Crippen molar-refractivity contribution in [2.45, 2.75) is 98.2 Å². The molecule has 0 spiro atoms. The van der Waals surface area contributed by atoms with Gasteiger partial charge in [0.15, 0.2) is 0 Å². The number of alkyl carbamates (subject to hydrolysis) is 1. The lowest BCUT2D eigenvalue weighted by molar-refractivity contribution is -0.161. The van der Waals surface area contributed by atoms with Crippen molar-refractivity contribution in [3.8, 4) is 0 Å². The number of hydrogen-bond acceptors (Lipinski definition) is 4. The third kappa shape index (κ3) is 5.99. The Morgan fingerprint density at radius 3 is 2.46 bits per heavy atom. The van der Waals surface area contributed by atoms with Gasteiger partial charge in [0.2, 0.25) is 0 Å². The normalized spacial score (nSPS) is 26.8. The van der Waals surface area contributed by atoms with Crippen LogP contribution in [0.3, 0.4) is 0 Å². The lowest BCUT2D eigenvalue weighted by atomic mass is 9.52. The van der Waals surface area contributed by atoms with Gasteiger partial charge in [-0.25, -0.2) is 4.79 Å². The number of ether oxygens (including phenoxy) is 2. The standard InChI is InChI=1S/C23H39NO4/c1-8-9-10-17-11-18-13-23(19(18)12-17,14-22(6,7)27-16(2)25)15-24-20(26)28-21(3,4)5/h12,18-19H,8-11,13-15H2,1-7H3,(H,24,26)/t18-,19-,23-/m0/s1. The lowest BCUT2D eigenvalue weighted by Gasteiger charge is -2.55. The van der Waals surface area contributed by atoms with Gasteiger partial charge in [-0.15, -0.1) is 0 Å². The van der Waals surface area contributed by atoms with E-state index in [1.54, 1.807) is 5.57 Å². The summed E-state index contributed by atoms with van der Waals surface area (Å²) < 4.78 is 11.0. The maximum Gasteiger partial charge on any atom is 0.407 e. The predicted octanol–water partition coefficient (Wildman–Crippen LogP) is 5.39. The molecule has 2 aliphatic rings. The van der Waals surface area contributed by atoms with Crippen molar-refractivity contribution in [3.63, 3.8) is 0 Å². The van der Waals surface area contributed by atoms with Gasteiger partial charge >= 0.3 is 12.1 Å². The Balaban J connectivity index is 2.12. The maximum absolute atomic E-state index is 12.3. The van der Waals surface area contributed by atoms with E-state index in [0.29, 0.717) is 18.4 Å². The topological polar surface area (TPSA) is 64.6 Å². The molecule has 2 rings (SSSR count). The van der Waals surface area contributed by atoms with E-state index in [0.717, 1.165) is 12.8 Å². The largest absolute Gasteiger partial charge is 0.460 e. The first-order chi connectivity index (χ1) is 12.9. The molecule has 0 aromatic carbocycles. The third-order valence-corrected chi connectivity index (χ3v) is 5.86. The maximum atomic E-state index is 12.3. The Labute approximate surface area is 170 Å². The molecule has 1 N–H and O–H groups in total. The van der Waals surface area contributed by atoms with E-state index in [1.807, 2.05) is 34.6 Å². The summed E-state index contributed by atoms with van der Waals surface area (Å²) in [7, 11) is 0. The Morgan fingerprint density at radius 1 is 1.21 bits per heavy atom. The minimum atomic E-state index is -0.563. The van der Waals surface area contributed by atoms with Crippen LogP contribution in [0.15, 0.2) is 11.6 Å². The molecular formula is C23H39NO4. The summed E-state index contributed by atoms with van der Waals surface area (Å²) in [6.07, 6.45) is 8.63. The summed E-state index contributed by atoms with van der Waals surface area (Å²) >= 11 is 0. The summed E-state index contributed by atoms with van der Waals surface area (Å²) in [5.74, 6) is 0.825. The van der Waals surface area contributed by atoms with Gasteiger partial charge in [-0.1, -0.05) is 25.0 Å². The van der Waals surface area contributed by atoms with Gasteiger partial charge in [0.25, 0.3) is 0 Å². The summed E-state index contributed by atoms with van der Waals surface area (Å²) in [5.41, 5.74) is 0.388. The van der Waals surface area contributed by atoms with E-state index in [9.17, 15) is 9.59 Å². The molecule has 28 heavy (non-hydrogen) atoms. The number of allylic oxidation sites excluding steroid dienone is 2. The van der Waals surface area contributed by atoms with Gasteiger partial charge in [-0.05, 0) is 84.0 Å². The van der Waals surface area contributed by atoms with E-state index >= 15 is 0 Å². The van der Waals surface area contributed by atoms with Crippen molar-refractivity contribution < 1.29 is 19.1 Å². The fraction of sp³-hybridized carbons (Fsp3) is 0.826. The first-order valence-corrected chi connectivity index (χ1v) is 10.7. The molecule has 1 fully saturated rings. The fourth-order valence-electron chi connectivity index (χ4n) is 5.16. The van der Waals surface area contributed by atoms with Crippen molar-refractivity contribution in [1.29, 1.82) is 0 Å². The van der Waals surface area contributed by atoms with Crippen LogP contribution in [0.5, 0.6) is 0 Å². The lowest BCUT2D eigenvalue weighted by Crippen LogP contribution is -2.55. The molecule has 0 bridgehead atoms. The summed E-state index contributed by atoms with van der Waals surface area (Å²) in [6, 6.07) is 0. The highest BCUT2D eigenvalue weighted by atomic mass is 16.6. The molecule has 0 radical (unpaired) electrons. The second-order valence-corrected chi connectivity index (χ2v) is 10.4. The zero-order valence-corrected chi connectivity index (χ0v) is 18.8. The highest BCUT2D eigenvalue weighted by molar-refractivity contribution is 5.68. The molecule has 1 amide bonds. The van der Waals surface area contributed by atoms with E-state index in [2.05, 4.69) is 18.3 Å². The molecule has 0 aliphatic heterocycles. The first kappa shape index (κ1) is 22.8. The minimum Gasteiger partial charge on any atom is -0.460 e. The number of amides is 1. The van der Waals surface area contributed by atoms with Crippen LogP contribution in [0, 0.1) is 17.3 Å². The monoisotopic (exact) mass is 393 g/mol. The van der Waals surface area contributed by atoms with Crippen LogP contribution in [-0.2, 0) is 14.3 Å². The molecule has 0 saturated heterocycles. The first-order valence-electron chi connectivity index (χ1n) is 10.7. The van der Waals surface area contributed by atoms with Gasteiger partial charge in [-0.2, -0.15) is 0 Å². The van der Waals surface area contributed by atoms with E-state index < -0.39 is 11.2 Å². The summed E-state index contributed by atoms with van der Waals surface area (Å²) in [5, 5.41) is 3.00. The van der Waals surface area contributed by atoms with Crippen LogP contribution in [0.1, 0.15) is 87.0 Å². The summed E-state index contributed by atoms with van der Waals surface area (Å²) in [4.78, 5) is 23.8. The summed E-state index contributed by atoms with van der Waals surface area (Å²) in [6.45, 7) is 13.8. The van der Waals surface area contributed by atoms with Crippen LogP contribution < -0.4 is 5.32 Å². The molecule has 0 aromatic heterocycles. The van der Waals surface area contributed by atoms with Crippen molar-refractivity contribution in [2.75, 3.05) is 6.54 Å². The van der Waals surface area contributed by atoms with Crippen LogP contribution >= 0.6 is 0 Å². The molecule has 0 heterocycles. The second-order valence-electron chi connectivity index (χ2n) is 10.4. The second kappa shape index (κ2) is 8.46. The molecule has 160 valence electrons. The predicted molar refractivity (Wildman–Crippen MR) is 111 cm³/mol. The Hall–Kier alpha value is -1.52. The Bertz CT molecular complexity index is 617. The van der Waals surface area contributed by atoms with Crippen molar-refractivity contribution in [3.05, 3.63) is 11.6 Å². The zero-order chi connectivity index (χ0) is 21.2. The molecular weight excluding hydrogens is 354 g/mol. The molecule has 2 aliphatic carbocycles. The fourth-order valence-corrected chi connectivity index (χ4v) is 5.16. The minimum absolute atomic E-state index is 0.0888. The van der Waals surface area contributed by atoms with E-state index in [-0.39, 0.29) is 17.5 Å². The van der Waals surface area contributed by atoms with Crippen molar-refractivity contribution in [1.82, 2.24) is 5.32 Å². The van der Waals surface area contributed by atoms with Gasteiger partial charge < -0.3 is 14.8 Å². The molecule has 1 saturated carbocycles. The van der Waals surface area contributed by atoms with Crippen molar-refractivity contribution >= 4 is 12.1 Å². The van der Waals surface area contributed by atoms with Crippen LogP contribution in [0.4, 0.5) is 4.79 Å². The number of carbonyl (C=O) groups excluding carboxylic acids is 2. The SMILES string of the molecule is CCCCC1=C[C@H]2[C@@H](C1)C[C@@]2(CNC(=O)OC(C)(C)C)CC(C)(C)OC(C)=O. The zero-order valence-electron chi connectivity index (χ0n) is 18.8. The van der Waals surface area contributed by atoms with Gasteiger partial charge in [0.05, 0.1) is 0 Å². The average Bonchev–Trinajstić information content (AvgIpc) is 2.84. The number of nitrogens with one attached hydrogen (secondary N) is 1. The average molecular weight is 394 g/mol. The molecule has 5 heteroatoms. The molecule has 0 aromatic rings. The number of fused-ring (bicyclic) bond motifs is 1. The Kier molecular flexibility index (Phi) is 6.88. The highest BCUT2D eigenvalue weighted by Crippen LogP contribution is 2.61. The van der Waals surface area contributed by atoms with E-state index in [1.165, 1.54) is 32.6 Å². The van der Waals surface area contributed by atoms with Gasteiger partial charge in [0.1, 0.15) is 11.2 Å². The number of carbonyl (C=O) groups is 2. The van der Waals surface area contributed by atoms with Crippen LogP contribution in [-0.4, -0.2) is 29.8 Å².